The van der Waals surface area contributed by atoms with Gasteiger partial charge in [-0.05, 0) is 40.9 Å². The van der Waals surface area contributed by atoms with Crippen LogP contribution in [-0.2, 0) is 6.42 Å². The van der Waals surface area contributed by atoms with Crippen LogP contribution < -0.4 is 16.6 Å². The van der Waals surface area contributed by atoms with Crippen LogP contribution in [0.25, 0.3) is 0 Å². The third-order valence-electron chi connectivity index (χ3n) is 3.03. The van der Waals surface area contributed by atoms with Crippen molar-refractivity contribution < 1.29 is 0 Å². The van der Waals surface area contributed by atoms with Crippen molar-refractivity contribution in [2.24, 2.45) is 5.84 Å². The lowest BCUT2D eigenvalue weighted by Crippen LogP contribution is -2.13. The highest BCUT2D eigenvalue weighted by Gasteiger charge is 2.11. The average molecular weight is 336 g/mol. The number of nitrogens with two attached hydrogens (primary N) is 1. The Bertz CT molecular complexity index is 600. The molecule has 0 bridgehead atoms. The summed E-state index contributed by atoms with van der Waals surface area (Å²) in [6.07, 6.45) is 3.35. The van der Waals surface area contributed by atoms with Crippen molar-refractivity contribution in [3.05, 3.63) is 40.1 Å². The lowest BCUT2D eigenvalue weighted by Gasteiger charge is -2.15. The highest BCUT2D eigenvalue weighted by Crippen LogP contribution is 2.30. The average Bonchev–Trinajstić information content (AvgIpc) is 2.46. The maximum atomic E-state index is 5.52. The summed E-state index contributed by atoms with van der Waals surface area (Å²) in [4.78, 5) is 8.49. The number of halogens is 1. The van der Waals surface area contributed by atoms with E-state index in [4.69, 9.17) is 5.84 Å². The van der Waals surface area contributed by atoms with Crippen LogP contribution in [-0.4, -0.2) is 9.97 Å². The molecular formula is C14H18BrN5. The number of benzene rings is 1. The van der Waals surface area contributed by atoms with Gasteiger partial charge in [-0.15, -0.1) is 0 Å². The Morgan fingerprint density at radius 3 is 2.70 bits per heavy atom. The van der Waals surface area contributed by atoms with Crippen molar-refractivity contribution in [1.82, 2.24) is 9.97 Å². The largest absolute Gasteiger partial charge is 0.339 e. The lowest BCUT2D eigenvalue weighted by molar-refractivity contribution is 0.903. The quantitative estimate of drug-likeness (QED) is 0.575. The first-order chi connectivity index (χ1) is 9.67. The van der Waals surface area contributed by atoms with Gasteiger partial charge in [0.2, 0.25) is 0 Å². The number of rotatable bonds is 5. The molecule has 1 heterocycles. The van der Waals surface area contributed by atoms with Gasteiger partial charge in [0.15, 0.2) is 0 Å². The molecule has 0 saturated heterocycles. The van der Waals surface area contributed by atoms with E-state index in [9.17, 15) is 0 Å². The van der Waals surface area contributed by atoms with Crippen LogP contribution in [0.4, 0.5) is 17.3 Å². The van der Waals surface area contributed by atoms with Gasteiger partial charge in [-0.2, -0.15) is 0 Å². The zero-order chi connectivity index (χ0) is 14.5. The minimum atomic E-state index is 0.660. The molecule has 20 heavy (non-hydrogen) atoms. The van der Waals surface area contributed by atoms with Crippen LogP contribution >= 0.6 is 15.9 Å². The molecule has 0 aliphatic heterocycles. The number of nitrogens with zero attached hydrogens (tertiary/aromatic N) is 2. The molecular weight excluding hydrogens is 318 g/mol. The zero-order valence-corrected chi connectivity index (χ0v) is 13.2. The molecule has 0 saturated carbocycles. The highest BCUT2D eigenvalue weighted by molar-refractivity contribution is 9.10. The van der Waals surface area contributed by atoms with Crippen LogP contribution in [0.5, 0.6) is 0 Å². The van der Waals surface area contributed by atoms with E-state index in [1.807, 2.05) is 12.1 Å². The Labute approximate surface area is 127 Å². The van der Waals surface area contributed by atoms with Crippen molar-refractivity contribution in [1.29, 1.82) is 0 Å². The van der Waals surface area contributed by atoms with Gasteiger partial charge < -0.3 is 10.7 Å². The smallest absolute Gasteiger partial charge is 0.148 e. The summed E-state index contributed by atoms with van der Waals surface area (Å²) >= 11 is 3.59. The second-order valence-electron chi connectivity index (χ2n) is 4.51. The van der Waals surface area contributed by atoms with E-state index in [-0.39, 0.29) is 0 Å². The monoisotopic (exact) mass is 335 g/mol. The first kappa shape index (κ1) is 14.7. The molecule has 4 N–H and O–H groups in total. The molecule has 0 radical (unpaired) electrons. The SMILES string of the molecule is CCCc1c(NN)ncnc1Nc1cccc(C)c1Br. The third kappa shape index (κ3) is 3.08. The fourth-order valence-corrected chi connectivity index (χ4v) is 2.37. The zero-order valence-electron chi connectivity index (χ0n) is 11.6. The van der Waals surface area contributed by atoms with Gasteiger partial charge in [-0.25, -0.2) is 15.8 Å². The van der Waals surface area contributed by atoms with E-state index in [0.717, 1.165) is 34.4 Å². The summed E-state index contributed by atoms with van der Waals surface area (Å²) in [5.74, 6) is 6.96. The van der Waals surface area contributed by atoms with Crippen LogP contribution in [0.15, 0.2) is 29.0 Å². The Balaban J connectivity index is 2.40. The number of nitrogens with one attached hydrogen (secondary N) is 2. The number of hydrogen-bond donors (Lipinski definition) is 3. The summed E-state index contributed by atoms with van der Waals surface area (Å²) in [6.45, 7) is 4.16. The Kier molecular flexibility index (Phi) is 4.92. The molecule has 2 aromatic rings. The number of anilines is 3. The first-order valence-electron chi connectivity index (χ1n) is 6.50. The number of hydrogen-bond acceptors (Lipinski definition) is 5. The normalized spacial score (nSPS) is 10.4. The van der Waals surface area contributed by atoms with E-state index in [2.05, 4.69) is 56.6 Å². The number of nitrogen functional groups attached to an aromatic ring is 1. The molecule has 0 atom stereocenters. The second-order valence-corrected chi connectivity index (χ2v) is 5.30. The molecule has 106 valence electrons. The predicted molar refractivity (Wildman–Crippen MR) is 86.0 cm³/mol. The van der Waals surface area contributed by atoms with Crippen molar-refractivity contribution in [2.45, 2.75) is 26.7 Å². The maximum absolute atomic E-state index is 5.52. The molecule has 2 rings (SSSR count). The van der Waals surface area contributed by atoms with E-state index >= 15 is 0 Å². The molecule has 5 nitrogen and oxygen atoms in total. The maximum Gasteiger partial charge on any atom is 0.148 e. The van der Waals surface area contributed by atoms with Crippen LogP contribution in [0, 0.1) is 6.92 Å². The molecule has 6 heteroatoms. The Morgan fingerprint density at radius 2 is 2.00 bits per heavy atom. The molecule has 1 aromatic heterocycles. The summed E-state index contributed by atoms with van der Waals surface area (Å²) in [5.41, 5.74) is 5.76. The van der Waals surface area contributed by atoms with Crippen molar-refractivity contribution in [3.63, 3.8) is 0 Å². The first-order valence-corrected chi connectivity index (χ1v) is 7.29. The van der Waals surface area contributed by atoms with Crippen molar-refractivity contribution in [2.75, 3.05) is 10.7 Å². The molecule has 0 aliphatic rings. The van der Waals surface area contributed by atoms with Crippen molar-refractivity contribution >= 4 is 33.3 Å². The van der Waals surface area contributed by atoms with Crippen molar-refractivity contribution in [3.8, 4) is 0 Å². The van der Waals surface area contributed by atoms with E-state index < -0.39 is 0 Å². The fourth-order valence-electron chi connectivity index (χ4n) is 2.00. The highest BCUT2D eigenvalue weighted by atomic mass is 79.9. The minimum absolute atomic E-state index is 0.660. The third-order valence-corrected chi connectivity index (χ3v) is 4.08. The van der Waals surface area contributed by atoms with Crippen LogP contribution in [0.1, 0.15) is 24.5 Å². The van der Waals surface area contributed by atoms with Gasteiger partial charge in [0.25, 0.3) is 0 Å². The lowest BCUT2D eigenvalue weighted by atomic mass is 10.1. The number of aromatic nitrogens is 2. The molecule has 0 unspecified atom stereocenters. The van der Waals surface area contributed by atoms with E-state index in [1.165, 1.54) is 11.9 Å². The van der Waals surface area contributed by atoms with E-state index in [0.29, 0.717) is 5.82 Å². The molecule has 0 aliphatic carbocycles. The number of aryl methyl sites for hydroxylation is 1. The van der Waals surface area contributed by atoms with Gasteiger partial charge in [-0.1, -0.05) is 25.5 Å². The topological polar surface area (TPSA) is 75.9 Å². The summed E-state index contributed by atoms with van der Waals surface area (Å²) in [6, 6.07) is 6.06. The molecule has 0 amide bonds. The summed E-state index contributed by atoms with van der Waals surface area (Å²) in [5, 5.41) is 3.35. The van der Waals surface area contributed by atoms with Gasteiger partial charge in [0.1, 0.15) is 18.0 Å². The van der Waals surface area contributed by atoms with Gasteiger partial charge in [0, 0.05) is 10.0 Å². The van der Waals surface area contributed by atoms with E-state index in [1.54, 1.807) is 0 Å². The van der Waals surface area contributed by atoms with Crippen LogP contribution in [0.3, 0.4) is 0 Å². The Morgan fingerprint density at radius 1 is 1.25 bits per heavy atom. The van der Waals surface area contributed by atoms with Gasteiger partial charge in [0.05, 0.1) is 5.69 Å². The summed E-state index contributed by atoms with van der Waals surface area (Å²) < 4.78 is 1.03. The fraction of sp³-hybridized carbons (Fsp3) is 0.286. The van der Waals surface area contributed by atoms with Gasteiger partial charge >= 0.3 is 0 Å². The molecule has 0 spiro atoms. The Hall–Kier alpha value is -1.66. The standard InChI is InChI=1S/C14H18BrN5/c1-3-5-10-13(17-8-18-14(10)20-16)19-11-7-4-6-9(2)12(11)15/h4,6-8H,3,5,16H2,1-2H3,(H2,17,18,19,20). The molecule has 1 aromatic carbocycles. The number of hydrazine groups is 1. The predicted octanol–water partition coefficient (Wildman–Crippen LogP) is 3.53. The van der Waals surface area contributed by atoms with Gasteiger partial charge in [-0.3, -0.25) is 0 Å². The summed E-state index contributed by atoms with van der Waals surface area (Å²) in [7, 11) is 0. The minimum Gasteiger partial charge on any atom is -0.339 e. The molecule has 0 fully saturated rings. The van der Waals surface area contributed by atoms with Crippen LogP contribution in [0.2, 0.25) is 0 Å². The second kappa shape index (κ2) is 6.67.